The summed E-state index contributed by atoms with van der Waals surface area (Å²) >= 11 is 0. The average Bonchev–Trinajstić information content (AvgIpc) is 3.62. The highest BCUT2D eigenvalue weighted by Crippen LogP contribution is 2.41. The van der Waals surface area contributed by atoms with Crippen LogP contribution in [0.5, 0.6) is 0 Å². The number of fused-ring (bicyclic) bond motifs is 7. The van der Waals surface area contributed by atoms with Crippen molar-refractivity contribution in [1.29, 1.82) is 0 Å². The Kier molecular flexibility index (Phi) is 5.50. The largest absolute Gasteiger partial charge is 0.307 e. The first-order valence-electron chi connectivity index (χ1n) is 15.0. The summed E-state index contributed by atoms with van der Waals surface area (Å²) in [6, 6.07) is 56.2. The molecule has 9 rings (SSSR count). The van der Waals surface area contributed by atoms with Crippen molar-refractivity contribution >= 4 is 43.6 Å². The molecule has 0 aliphatic heterocycles. The molecule has 44 heavy (non-hydrogen) atoms. The monoisotopic (exact) mass is 561 g/mol. The van der Waals surface area contributed by atoms with E-state index in [0.29, 0.717) is 0 Å². The summed E-state index contributed by atoms with van der Waals surface area (Å²) in [6.07, 6.45) is 1.99. The smallest absolute Gasteiger partial charge is 0.137 e. The van der Waals surface area contributed by atoms with Crippen molar-refractivity contribution in [3.63, 3.8) is 0 Å². The van der Waals surface area contributed by atoms with E-state index in [1.807, 2.05) is 12.3 Å². The number of hydrogen-bond acceptors (Lipinski definition) is 1. The molecule has 0 aliphatic carbocycles. The van der Waals surface area contributed by atoms with Gasteiger partial charge in [-0.3, -0.25) is 4.57 Å². The third-order valence-corrected chi connectivity index (χ3v) is 8.79. The van der Waals surface area contributed by atoms with E-state index < -0.39 is 0 Å². The maximum Gasteiger partial charge on any atom is 0.137 e. The van der Waals surface area contributed by atoms with Gasteiger partial charge in [0, 0.05) is 39.0 Å². The maximum atomic E-state index is 5.06. The van der Waals surface area contributed by atoms with Crippen molar-refractivity contribution in [3.05, 3.63) is 164 Å². The molecule has 0 atom stereocenters. The Hall–Kier alpha value is -5.93. The van der Waals surface area contributed by atoms with Crippen molar-refractivity contribution in [1.82, 2.24) is 14.1 Å². The molecule has 0 fully saturated rings. The van der Waals surface area contributed by atoms with Gasteiger partial charge < -0.3 is 4.57 Å². The van der Waals surface area contributed by atoms with E-state index >= 15 is 0 Å². The first kappa shape index (κ1) is 24.6. The van der Waals surface area contributed by atoms with Crippen molar-refractivity contribution in [2.45, 2.75) is 0 Å². The van der Waals surface area contributed by atoms with Crippen molar-refractivity contribution in [2.75, 3.05) is 0 Å². The molecule has 0 amide bonds. The normalized spacial score (nSPS) is 11.6. The summed E-state index contributed by atoms with van der Waals surface area (Å²) in [5.74, 6) is 0.902. The molecule has 0 bridgehead atoms. The summed E-state index contributed by atoms with van der Waals surface area (Å²) < 4.78 is 4.77. The molecule has 0 N–H and O–H groups in total. The van der Waals surface area contributed by atoms with Crippen LogP contribution < -0.4 is 0 Å². The zero-order valence-corrected chi connectivity index (χ0v) is 23.9. The van der Waals surface area contributed by atoms with Crippen LogP contribution in [0.1, 0.15) is 0 Å². The molecule has 206 valence electrons. The standard InChI is InChI=1S/C41H27N3/c1-3-11-28(12-4-1)30-19-22-32(23-20-30)43-37-17-9-7-15-33(37)35-24-25-36-34-16-8-10-18-38(34)44(41(36)40(35)43)39-26-21-31(27-42-39)29-13-5-2-6-14-29/h1-27H. The Bertz CT molecular complexity index is 2270. The van der Waals surface area contributed by atoms with Gasteiger partial charge in [-0.1, -0.05) is 121 Å². The van der Waals surface area contributed by atoms with E-state index in [-0.39, 0.29) is 0 Å². The fourth-order valence-electron chi connectivity index (χ4n) is 6.76. The van der Waals surface area contributed by atoms with E-state index in [1.165, 1.54) is 43.7 Å². The van der Waals surface area contributed by atoms with E-state index in [2.05, 4.69) is 161 Å². The minimum atomic E-state index is 0.902. The lowest BCUT2D eigenvalue weighted by Gasteiger charge is -2.13. The number of hydrogen-bond donors (Lipinski definition) is 0. The van der Waals surface area contributed by atoms with Crippen LogP contribution in [-0.4, -0.2) is 14.1 Å². The van der Waals surface area contributed by atoms with Crippen LogP contribution >= 0.6 is 0 Å². The number of para-hydroxylation sites is 2. The van der Waals surface area contributed by atoms with Gasteiger partial charge in [-0.25, -0.2) is 4.98 Å². The van der Waals surface area contributed by atoms with Crippen molar-refractivity contribution in [3.8, 4) is 33.8 Å². The summed E-state index contributed by atoms with van der Waals surface area (Å²) in [5.41, 5.74) is 10.5. The molecule has 0 saturated heterocycles. The quantitative estimate of drug-likeness (QED) is 0.210. The van der Waals surface area contributed by atoms with Gasteiger partial charge in [0.2, 0.25) is 0 Å². The number of aromatic nitrogens is 3. The first-order valence-corrected chi connectivity index (χ1v) is 15.0. The molecule has 3 aromatic heterocycles. The van der Waals surface area contributed by atoms with Crippen molar-refractivity contribution in [2.24, 2.45) is 0 Å². The fourth-order valence-corrected chi connectivity index (χ4v) is 6.76. The van der Waals surface area contributed by atoms with Crippen LogP contribution in [0.3, 0.4) is 0 Å². The second kappa shape index (κ2) is 9.82. The van der Waals surface area contributed by atoms with E-state index in [9.17, 15) is 0 Å². The number of pyridine rings is 1. The third kappa shape index (κ3) is 3.73. The summed E-state index contributed by atoms with van der Waals surface area (Å²) in [5, 5.41) is 4.90. The van der Waals surface area contributed by atoms with Crippen molar-refractivity contribution < 1.29 is 0 Å². The van der Waals surface area contributed by atoms with Gasteiger partial charge in [0.15, 0.2) is 0 Å². The number of nitrogens with zero attached hydrogens (tertiary/aromatic N) is 3. The molecular weight excluding hydrogens is 534 g/mol. The molecule has 3 nitrogen and oxygen atoms in total. The topological polar surface area (TPSA) is 22.8 Å². The summed E-state index contributed by atoms with van der Waals surface area (Å²) in [6.45, 7) is 0. The SMILES string of the molecule is c1ccc(-c2ccc(-n3c4ccccc4c4ccc5c6ccccc6n(-c6ccc(-c7ccccc7)cn6)c5c43)cc2)cc1. The van der Waals surface area contributed by atoms with Gasteiger partial charge in [-0.05, 0) is 53.1 Å². The molecule has 0 unspecified atom stereocenters. The summed E-state index contributed by atoms with van der Waals surface area (Å²) in [4.78, 5) is 5.06. The first-order chi connectivity index (χ1) is 21.8. The molecule has 3 heterocycles. The molecular formula is C41H27N3. The van der Waals surface area contributed by atoms with Gasteiger partial charge in [0.1, 0.15) is 5.82 Å². The highest BCUT2D eigenvalue weighted by Gasteiger charge is 2.21. The van der Waals surface area contributed by atoms with Gasteiger partial charge in [0.25, 0.3) is 0 Å². The molecule has 6 aromatic carbocycles. The van der Waals surface area contributed by atoms with Gasteiger partial charge >= 0.3 is 0 Å². The molecule has 3 heteroatoms. The van der Waals surface area contributed by atoms with Crippen LogP contribution in [0.15, 0.2) is 164 Å². The summed E-state index contributed by atoms with van der Waals surface area (Å²) in [7, 11) is 0. The van der Waals surface area contributed by atoms with Crippen LogP contribution in [-0.2, 0) is 0 Å². The highest BCUT2D eigenvalue weighted by atomic mass is 15.1. The minimum absolute atomic E-state index is 0.902. The predicted octanol–water partition coefficient (Wildman–Crippen LogP) is 10.6. The number of benzene rings is 6. The molecule has 0 saturated carbocycles. The van der Waals surface area contributed by atoms with Crippen LogP contribution in [0.25, 0.3) is 77.4 Å². The van der Waals surface area contributed by atoms with Crippen LogP contribution in [0, 0.1) is 0 Å². The molecule has 0 spiro atoms. The molecule has 0 radical (unpaired) electrons. The molecule has 9 aromatic rings. The predicted molar refractivity (Wildman–Crippen MR) is 184 cm³/mol. The lowest BCUT2D eigenvalue weighted by molar-refractivity contribution is 1.08. The second-order valence-corrected chi connectivity index (χ2v) is 11.2. The van der Waals surface area contributed by atoms with E-state index in [1.54, 1.807) is 0 Å². The second-order valence-electron chi connectivity index (χ2n) is 11.2. The average molecular weight is 562 g/mol. The Morgan fingerprint density at radius 1 is 0.341 bits per heavy atom. The van der Waals surface area contributed by atoms with Crippen LogP contribution in [0.4, 0.5) is 0 Å². The minimum Gasteiger partial charge on any atom is -0.307 e. The lowest BCUT2D eigenvalue weighted by atomic mass is 10.1. The number of rotatable bonds is 4. The maximum absolute atomic E-state index is 5.06. The van der Waals surface area contributed by atoms with Crippen LogP contribution in [0.2, 0.25) is 0 Å². The van der Waals surface area contributed by atoms with E-state index in [0.717, 1.165) is 33.7 Å². The Morgan fingerprint density at radius 3 is 1.41 bits per heavy atom. The Morgan fingerprint density at radius 2 is 0.818 bits per heavy atom. The Balaban J connectivity index is 1.35. The lowest BCUT2D eigenvalue weighted by Crippen LogP contribution is -2.00. The molecule has 0 aliphatic rings. The van der Waals surface area contributed by atoms with Gasteiger partial charge in [-0.15, -0.1) is 0 Å². The fraction of sp³-hybridized carbons (Fsp3) is 0. The highest BCUT2D eigenvalue weighted by molar-refractivity contribution is 6.23. The third-order valence-electron chi connectivity index (χ3n) is 8.79. The van der Waals surface area contributed by atoms with Gasteiger partial charge in [-0.2, -0.15) is 0 Å². The zero-order valence-electron chi connectivity index (χ0n) is 23.9. The zero-order chi connectivity index (χ0) is 29.0. The van der Waals surface area contributed by atoms with E-state index in [4.69, 9.17) is 4.98 Å². The van der Waals surface area contributed by atoms with Gasteiger partial charge in [0.05, 0.1) is 22.1 Å². The Labute approximate surface area is 254 Å².